The molecule has 0 aromatic heterocycles. The Balaban J connectivity index is 2.08. The number of benzene rings is 1. The van der Waals surface area contributed by atoms with Crippen LogP contribution >= 0.6 is 11.8 Å². The van der Waals surface area contributed by atoms with Gasteiger partial charge in [-0.2, -0.15) is 0 Å². The van der Waals surface area contributed by atoms with Crippen molar-refractivity contribution in [3.63, 3.8) is 0 Å². The minimum Gasteiger partial charge on any atom is -0.479 e. The van der Waals surface area contributed by atoms with E-state index in [9.17, 15) is 19.5 Å². The molecule has 2 aliphatic heterocycles. The molecule has 1 N–H and O–H groups in total. The summed E-state index contributed by atoms with van der Waals surface area (Å²) in [5.74, 6) is -1.98. The van der Waals surface area contributed by atoms with Gasteiger partial charge in [-0.1, -0.05) is 30.3 Å². The van der Waals surface area contributed by atoms with E-state index in [0.717, 1.165) is 5.56 Å². The lowest BCUT2D eigenvalue weighted by molar-refractivity contribution is -0.163. The highest BCUT2D eigenvalue weighted by molar-refractivity contribution is 8.04. The van der Waals surface area contributed by atoms with E-state index in [1.165, 1.54) is 29.8 Å². The molecule has 2 saturated heterocycles. The maximum absolute atomic E-state index is 12.1. The van der Waals surface area contributed by atoms with Crippen molar-refractivity contribution in [2.24, 2.45) is 0 Å². The standard InChI is InChI=1S/C16H15NO5S/c1-22-14(19)7-11-16(15(20)21,9-10-5-3-2-4-6-10)17-12(18)8-13(17)23-11/h2-7,13H,8-9H2,1H3,(H,20,21)/t13-,16+/m1/s1. The van der Waals surface area contributed by atoms with Crippen LogP contribution in [-0.4, -0.2) is 45.9 Å². The zero-order valence-corrected chi connectivity index (χ0v) is 13.2. The minimum atomic E-state index is -1.54. The zero-order valence-electron chi connectivity index (χ0n) is 12.4. The van der Waals surface area contributed by atoms with Crippen molar-refractivity contribution in [2.75, 3.05) is 7.11 Å². The number of hydrogen-bond donors (Lipinski definition) is 1. The molecule has 3 rings (SSSR count). The lowest BCUT2D eigenvalue weighted by atomic mass is 9.85. The molecule has 1 aromatic rings. The molecule has 7 heteroatoms. The average molecular weight is 333 g/mol. The van der Waals surface area contributed by atoms with Crippen molar-refractivity contribution >= 4 is 29.6 Å². The maximum Gasteiger partial charge on any atom is 0.335 e. The first-order chi connectivity index (χ1) is 11.0. The zero-order chi connectivity index (χ0) is 16.6. The van der Waals surface area contributed by atoms with E-state index in [4.69, 9.17) is 0 Å². The van der Waals surface area contributed by atoms with Crippen LogP contribution in [-0.2, 0) is 25.5 Å². The number of nitrogens with zero attached hydrogens (tertiary/aromatic N) is 1. The molecular formula is C16H15NO5S. The molecule has 1 aromatic carbocycles. The molecule has 2 heterocycles. The van der Waals surface area contributed by atoms with Gasteiger partial charge in [0.1, 0.15) is 0 Å². The van der Waals surface area contributed by atoms with Gasteiger partial charge in [0.05, 0.1) is 18.9 Å². The van der Waals surface area contributed by atoms with Crippen LogP contribution in [0.1, 0.15) is 12.0 Å². The second kappa shape index (κ2) is 5.73. The SMILES string of the molecule is COC(=O)C=C1S[C@@H]2CC(=O)N2[C@]1(Cc1ccccc1)C(=O)O. The molecule has 2 aliphatic rings. The summed E-state index contributed by atoms with van der Waals surface area (Å²) in [6, 6.07) is 9.08. The van der Waals surface area contributed by atoms with Crippen molar-refractivity contribution in [1.29, 1.82) is 0 Å². The molecule has 6 nitrogen and oxygen atoms in total. The molecule has 0 spiro atoms. The van der Waals surface area contributed by atoms with Crippen LogP contribution in [0.25, 0.3) is 0 Å². The summed E-state index contributed by atoms with van der Waals surface area (Å²) >= 11 is 1.25. The van der Waals surface area contributed by atoms with Gasteiger partial charge in [-0.3, -0.25) is 4.79 Å². The highest BCUT2D eigenvalue weighted by Crippen LogP contribution is 2.54. The molecule has 0 unspecified atom stereocenters. The van der Waals surface area contributed by atoms with Gasteiger partial charge in [0.15, 0.2) is 5.54 Å². The van der Waals surface area contributed by atoms with E-state index < -0.39 is 17.5 Å². The summed E-state index contributed by atoms with van der Waals surface area (Å²) in [6.45, 7) is 0. The van der Waals surface area contributed by atoms with Gasteiger partial charge < -0.3 is 14.7 Å². The summed E-state index contributed by atoms with van der Waals surface area (Å²) in [5.41, 5.74) is -0.758. The van der Waals surface area contributed by atoms with E-state index >= 15 is 0 Å². The smallest absolute Gasteiger partial charge is 0.335 e. The Morgan fingerprint density at radius 2 is 2.13 bits per heavy atom. The highest BCUT2D eigenvalue weighted by Gasteiger charge is 2.63. The third-order valence-electron chi connectivity index (χ3n) is 4.09. The molecule has 23 heavy (non-hydrogen) atoms. The van der Waals surface area contributed by atoms with Crippen molar-refractivity contribution in [1.82, 2.24) is 4.90 Å². The van der Waals surface area contributed by atoms with Crippen LogP contribution in [0.4, 0.5) is 0 Å². The summed E-state index contributed by atoms with van der Waals surface area (Å²) in [5, 5.41) is 9.68. The number of β-lactam (4-membered cyclic amide) rings is 1. The fourth-order valence-electron chi connectivity index (χ4n) is 2.97. The fraction of sp³-hybridized carbons (Fsp3) is 0.312. The third-order valence-corrected chi connectivity index (χ3v) is 5.45. The lowest BCUT2D eigenvalue weighted by Gasteiger charge is -2.43. The number of carbonyl (C=O) groups excluding carboxylic acids is 2. The van der Waals surface area contributed by atoms with Gasteiger partial charge in [0, 0.05) is 17.4 Å². The van der Waals surface area contributed by atoms with Gasteiger partial charge >= 0.3 is 11.9 Å². The number of fused-ring (bicyclic) bond motifs is 1. The predicted molar refractivity (Wildman–Crippen MR) is 83.5 cm³/mol. The average Bonchev–Trinajstić information content (AvgIpc) is 2.77. The molecular weight excluding hydrogens is 318 g/mol. The third kappa shape index (κ3) is 2.41. The van der Waals surface area contributed by atoms with Crippen molar-refractivity contribution in [2.45, 2.75) is 23.8 Å². The molecule has 1 amide bonds. The number of carboxylic acids is 1. The summed E-state index contributed by atoms with van der Waals surface area (Å²) in [4.78, 5) is 37.5. The van der Waals surface area contributed by atoms with Crippen LogP contribution in [0.5, 0.6) is 0 Å². The number of ether oxygens (including phenoxy) is 1. The van der Waals surface area contributed by atoms with Crippen LogP contribution < -0.4 is 0 Å². The number of thioether (sulfide) groups is 1. The van der Waals surface area contributed by atoms with Gasteiger partial charge in [0.25, 0.3) is 0 Å². The topological polar surface area (TPSA) is 83.9 Å². The molecule has 0 aliphatic carbocycles. The quantitative estimate of drug-likeness (QED) is 0.510. The van der Waals surface area contributed by atoms with E-state index in [2.05, 4.69) is 4.74 Å². The number of amides is 1. The largest absolute Gasteiger partial charge is 0.479 e. The Morgan fingerprint density at radius 1 is 1.43 bits per heavy atom. The van der Waals surface area contributed by atoms with Crippen LogP contribution in [0.2, 0.25) is 0 Å². The van der Waals surface area contributed by atoms with Crippen molar-refractivity contribution in [3.05, 3.63) is 46.9 Å². The van der Waals surface area contributed by atoms with Gasteiger partial charge in [-0.15, -0.1) is 11.8 Å². The van der Waals surface area contributed by atoms with Gasteiger partial charge in [-0.05, 0) is 5.56 Å². The van der Waals surface area contributed by atoms with E-state index in [1.54, 1.807) is 0 Å². The molecule has 120 valence electrons. The number of rotatable bonds is 4. The van der Waals surface area contributed by atoms with Crippen LogP contribution in [0, 0.1) is 0 Å². The number of aliphatic carboxylic acids is 1. The minimum absolute atomic E-state index is 0.112. The first-order valence-electron chi connectivity index (χ1n) is 7.05. The van der Waals surface area contributed by atoms with Crippen LogP contribution in [0.3, 0.4) is 0 Å². The summed E-state index contributed by atoms with van der Waals surface area (Å²) in [6.07, 6.45) is 1.58. The second-order valence-corrected chi connectivity index (χ2v) is 6.62. The Kier molecular flexibility index (Phi) is 3.89. The fourth-order valence-corrected chi connectivity index (χ4v) is 4.51. The number of carbonyl (C=O) groups is 3. The number of esters is 1. The first-order valence-corrected chi connectivity index (χ1v) is 7.93. The second-order valence-electron chi connectivity index (χ2n) is 5.40. The summed E-state index contributed by atoms with van der Waals surface area (Å²) < 4.78 is 4.63. The van der Waals surface area contributed by atoms with Gasteiger partial charge in [0.2, 0.25) is 5.91 Å². The number of carboxylic acid groups (broad SMARTS) is 1. The lowest BCUT2D eigenvalue weighted by Crippen LogP contribution is -2.63. The number of methoxy groups -OCH3 is 1. The maximum atomic E-state index is 12.1. The molecule has 0 radical (unpaired) electrons. The number of hydrogen-bond acceptors (Lipinski definition) is 5. The molecule has 2 atom stereocenters. The summed E-state index contributed by atoms with van der Waals surface area (Å²) in [7, 11) is 1.23. The van der Waals surface area contributed by atoms with Crippen molar-refractivity contribution < 1.29 is 24.2 Å². The van der Waals surface area contributed by atoms with Gasteiger partial charge in [-0.25, -0.2) is 9.59 Å². The van der Waals surface area contributed by atoms with Crippen LogP contribution in [0.15, 0.2) is 41.3 Å². The van der Waals surface area contributed by atoms with E-state index in [1.807, 2.05) is 30.3 Å². The van der Waals surface area contributed by atoms with Crippen molar-refractivity contribution in [3.8, 4) is 0 Å². The van der Waals surface area contributed by atoms with E-state index in [-0.39, 0.29) is 24.1 Å². The normalized spacial score (nSPS) is 27.5. The first kappa shape index (κ1) is 15.6. The molecule has 0 saturated carbocycles. The molecule has 0 bridgehead atoms. The monoisotopic (exact) mass is 333 g/mol. The Labute approximate surface area is 137 Å². The Morgan fingerprint density at radius 3 is 2.70 bits per heavy atom. The highest BCUT2D eigenvalue weighted by atomic mass is 32.2. The Bertz CT molecular complexity index is 702. The molecule has 2 fully saturated rings. The van der Waals surface area contributed by atoms with E-state index in [0.29, 0.717) is 4.91 Å². The predicted octanol–water partition coefficient (Wildman–Crippen LogP) is 1.41. The Hall–Kier alpha value is -2.28.